The Morgan fingerprint density at radius 2 is 1.97 bits per heavy atom. The van der Waals surface area contributed by atoms with Crippen LogP contribution in [0.4, 0.5) is 5.69 Å². The average molecular weight is 418 g/mol. The fourth-order valence-corrected chi connectivity index (χ4v) is 4.17. The summed E-state index contributed by atoms with van der Waals surface area (Å²) < 4.78 is 5.98. The Hall–Kier alpha value is -1.86. The van der Waals surface area contributed by atoms with Crippen LogP contribution in [0.5, 0.6) is 5.75 Å². The summed E-state index contributed by atoms with van der Waals surface area (Å²) in [6.07, 6.45) is 3.71. The first kappa shape index (κ1) is 24.4. The summed E-state index contributed by atoms with van der Waals surface area (Å²) in [5.74, 6) is 0.868. The molecule has 0 bridgehead atoms. The fraction of sp³-hybridized carbons (Fsp3) is 0.583. The number of nitrogens with zero attached hydrogens (tertiary/aromatic N) is 1. The number of nitrogens with one attached hydrogen (secondary N) is 2. The molecule has 2 heterocycles. The van der Waals surface area contributed by atoms with Gasteiger partial charge in [-0.25, -0.2) is 0 Å². The van der Waals surface area contributed by atoms with E-state index in [9.17, 15) is 10.3 Å². The Bertz CT molecular complexity index is 786. The van der Waals surface area contributed by atoms with E-state index in [1.165, 1.54) is 5.06 Å². The Labute approximate surface area is 181 Å². The van der Waals surface area contributed by atoms with Crippen LogP contribution in [-0.2, 0) is 6.42 Å². The molecule has 0 aromatic heterocycles. The average Bonchev–Trinajstić information content (AvgIpc) is 3.14. The number of aryl methyl sites for hydroxylation is 1. The third-order valence-corrected chi connectivity index (χ3v) is 5.86. The molecule has 168 valence electrons. The molecule has 2 aliphatic rings. The Balaban J connectivity index is 0.00000101. The van der Waals surface area contributed by atoms with E-state index in [2.05, 4.69) is 29.4 Å². The van der Waals surface area contributed by atoms with Gasteiger partial charge in [0.25, 0.3) is 0 Å². The Morgan fingerprint density at radius 1 is 1.33 bits per heavy atom. The van der Waals surface area contributed by atoms with Gasteiger partial charge in [0.05, 0.1) is 11.1 Å². The van der Waals surface area contributed by atoms with Crippen LogP contribution in [0.1, 0.15) is 45.7 Å². The van der Waals surface area contributed by atoms with E-state index in [4.69, 9.17) is 4.74 Å². The van der Waals surface area contributed by atoms with Crippen molar-refractivity contribution in [1.29, 1.82) is 0 Å². The van der Waals surface area contributed by atoms with Crippen molar-refractivity contribution in [3.8, 4) is 5.75 Å². The molecule has 0 saturated heterocycles. The van der Waals surface area contributed by atoms with Crippen LogP contribution in [-0.4, -0.2) is 58.8 Å². The van der Waals surface area contributed by atoms with Gasteiger partial charge in [-0.3, -0.25) is 0 Å². The summed E-state index contributed by atoms with van der Waals surface area (Å²) in [6.45, 7) is 16.3. The lowest BCUT2D eigenvalue weighted by Gasteiger charge is -2.36. The summed E-state index contributed by atoms with van der Waals surface area (Å²) in [7, 11) is 1.91. The first-order chi connectivity index (χ1) is 14.0. The summed E-state index contributed by atoms with van der Waals surface area (Å²) >= 11 is 0. The molecule has 2 atom stereocenters. The number of anilines is 1. The molecule has 0 radical (unpaired) electrons. The number of rotatable bonds is 6. The van der Waals surface area contributed by atoms with Gasteiger partial charge in [0, 0.05) is 32.2 Å². The van der Waals surface area contributed by atoms with Crippen molar-refractivity contribution in [3.05, 3.63) is 47.6 Å². The van der Waals surface area contributed by atoms with Crippen LogP contribution in [0.15, 0.2) is 36.4 Å². The van der Waals surface area contributed by atoms with Crippen molar-refractivity contribution in [3.63, 3.8) is 0 Å². The van der Waals surface area contributed by atoms with Gasteiger partial charge >= 0.3 is 0 Å². The highest BCUT2D eigenvalue weighted by molar-refractivity contribution is 5.58. The SMILES string of the molecule is C=CC.CNc1cc2c(cc1C)OC(C(O)CNCC1=CC(C)(C)N(O)C1(C)C)C2. The lowest BCUT2D eigenvalue weighted by Crippen LogP contribution is -2.49. The topological polar surface area (TPSA) is 77.0 Å². The van der Waals surface area contributed by atoms with Crippen molar-refractivity contribution in [2.24, 2.45) is 0 Å². The molecule has 1 aromatic rings. The van der Waals surface area contributed by atoms with E-state index in [0.717, 1.165) is 28.1 Å². The molecule has 30 heavy (non-hydrogen) atoms. The molecule has 0 fully saturated rings. The Morgan fingerprint density at radius 3 is 2.50 bits per heavy atom. The number of allylic oxidation sites excluding steroid dienone is 1. The van der Waals surface area contributed by atoms with Crippen LogP contribution < -0.4 is 15.4 Å². The number of hydrogen-bond acceptors (Lipinski definition) is 6. The van der Waals surface area contributed by atoms with Crippen molar-refractivity contribution >= 4 is 5.69 Å². The quantitative estimate of drug-likeness (QED) is 0.529. The van der Waals surface area contributed by atoms with Crippen molar-refractivity contribution in [2.75, 3.05) is 25.5 Å². The lowest BCUT2D eigenvalue weighted by atomic mass is 9.96. The van der Waals surface area contributed by atoms with Gasteiger partial charge in [0.15, 0.2) is 0 Å². The van der Waals surface area contributed by atoms with Crippen molar-refractivity contribution in [1.82, 2.24) is 10.4 Å². The molecule has 0 saturated carbocycles. The summed E-state index contributed by atoms with van der Waals surface area (Å²) in [5.41, 5.74) is 3.66. The van der Waals surface area contributed by atoms with Gasteiger partial charge in [-0.15, -0.1) is 6.58 Å². The molecule has 0 aliphatic carbocycles. The third-order valence-electron chi connectivity index (χ3n) is 5.86. The molecule has 0 spiro atoms. The van der Waals surface area contributed by atoms with Gasteiger partial charge in [-0.05, 0) is 70.4 Å². The van der Waals surface area contributed by atoms with Gasteiger partial charge in [-0.2, -0.15) is 5.06 Å². The number of aliphatic hydroxyl groups excluding tert-OH is 1. The van der Waals surface area contributed by atoms with E-state index >= 15 is 0 Å². The second-order valence-corrected chi connectivity index (χ2v) is 9.19. The van der Waals surface area contributed by atoms with E-state index in [1.54, 1.807) is 6.08 Å². The number of hydroxylamine groups is 2. The van der Waals surface area contributed by atoms with Crippen LogP contribution in [0.25, 0.3) is 0 Å². The summed E-state index contributed by atoms with van der Waals surface area (Å²) in [6, 6.07) is 4.14. The second kappa shape index (κ2) is 9.52. The molecule has 6 nitrogen and oxygen atoms in total. The third kappa shape index (κ3) is 5.06. The highest BCUT2D eigenvalue weighted by Crippen LogP contribution is 2.38. The van der Waals surface area contributed by atoms with Crippen LogP contribution >= 0.6 is 0 Å². The van der Waals surface area contributed by atoms with E-state index in [-0.39, 0.29) is 6.10 Å². The minimum absolute atomic E-state index is 0.240. The van der Waals surface area contributed by atoms with E-state index < -0.39 is 17.2 Å². The van der Waals surface area contributed by atoms with Crippen LogP contribution in [0, 0.1) is 6.92 Å². The molecule has 1 aromatic carbocycles. The first-order valence-corrected chi connectivity index (χ1v) is 10.6. The van der Waals surface area contributed by atoms with Crippen molar-refractivity contribution in [2.45, 2.75) is 71.2 Å². The number of hydrogen-bond donors (Lipinski definition) is 4. The summed E-state index contributed by atoms with van der Waals surface area (Å²) in [5, 5.41) is 28.9. The van der Waals surface area contributed by atoms with E-state index in [1.807, 2.05) is 54.7 Å². The molecule has 3 rings (SSSR count). The predicted octanol–water partition coefficient (Wildman–Crippen LogP) is 3.67. The molecular formula is C24H39N3O3. The van der Waals surface area contributed by atoms with Gasteiger partial charge in [0.1, 0.15) is 18.0 Å². The van der Waals surface area contributed by atoms with Crippen molar-refractivity contribution < 1.29 is 15.1 Å². The second-order valence-electron chi connectivity index (χ2n) is 9.19. The highest BCUT2D eigenvalue weighted by atomic mass is 16.5. The lowest BCUT2D eigenvalue weighted by molar-refractivity contribution is -0.185. The largest absolute Gasteiger partial charge is 0.487 e. The predicted molar refractivity (Wildman–Crippen MR) is 123 cm³/mol. The van der Waals surface area contributed by atoms with Crippen LogP contribution in [0.3, 0.4) is 0 Å². The molecular weight excluding hydrogens is 378 g/mol. The first-order valence-electron chi connectivity index (χ1n) is 10.6. The minimum atomic E-state index is -0.598. The fourth-order valence-electron chi connectivity index (χ4n) is 4.17. The standard InChI is InChI=1S/C21H33N3O3.C3H6/c1-13-7-18-14(8-16(13)22-6)9-19(27-18)17(25)12-23-11-15-10-20(2,3)24(26)21(15,4)5;1-3-2/h7-8,10,17,19,22-23,25-26H,9,11-12H2,1-6H3;3H,1H2,2H3. The van der Waals surface area contributed by atoms with Crippen LogP contribution in [0.2, 0.25) is 0 Å². The van der Waals surface area contributed by atoms with Gasteiger partial charge < -0.3 is 25.7 Å². The maximum Gasteiger partial charge on any atom is 0.130 e. The zero-order valence-electron chi connectivity index (χ0n) is 19.5. The van der Waals surface area contributed by atoms with E-state index in [0.29, 0.717) is 19.5 Å². The number of ether oxygens (including phenoxy) is 1. The molecule has 2 unspecified atom stereocenters. The number of aliphatic hydroxyl groups is 1. The van der Waals surface area contributed by atoms with Gasteiger partial charge in [-0.1, -0.05) is 12.2 Å². The number of fused-ring (bicyclic) bond motifs is 1. The normalized spacial score (nSPS) is 22.3. The smallest absolute Gasteiger partial charge is 0.130 e. The maximum atomic E-state index is 10.6. The molecule has 4 N–H and O–H groups in total. The monoisotopic (exact) mass is 417 g/mol. The zero-order valence-corrected chi connectivity index (χ0v) is 19.5. The van der Waals surface area contributed by atoms with Gasteiger partial charge in [0.2, 0.25) is 0 Å². The molecule has 0 amide bonds. The number of benzene rings is 1. The maximum absolute atomic E-state index is 10.6. The highest BCUT2D eigenvalue weighted by Gasteiger charge is 2.44. The zero-order chi connectivity index (χ0) is 22.7. The molecule has 6 heteroatoms. The summed E-state index contributed by atoms with van der Waals surface area (Å²) in [4.78, 5) is 0. The molecule has 2 aliphatic heterocycles. The Kier molecular flexibility index (Phi) is 7.74. The minimum Gasteiger partial charge on any atom is -0.487 e.